The molecule has 0 spiro atoms. The lowest BCUT2D eigenvalue weighted by molar-refractivity contribution is 0.0669. The van der Waals surface area contributed by atoms with E-state index in [-0.39, 0.29) is 11.2 Å². The summed E-state index contributed by atoms with van der Waals surface area (Å²) in [5.74, 6) is -0.605. The Kier molecular flexibility index (Phi) is 3.76. The average Bonchev–Trinajstić information content (AvgIpc) is 2.14. The first-order valence-corrected chi connectivity index (χ1v) is 5.67. The zero-order chi connectivity index (χ0) is 13.2. The Morgan fingerprint density at radius 1 is 1.47 bits per heavy atom. The first-order chi connectivity index (χ1) is 7.76. The normalized spacial score (nSPS) is 11.4. The van der Waals surface area contributed by atoms with Crippen LogP contribution < -0.4 is 4.74 Å². The van der Waals surface area contributed by atoms with Gasteiger partial charge < -0.3 is 9.84 Å². The van der Waals surface area contributed by atoms with E-state index in [9.17, 15) is 9.90 Å². The van der Waals surface area contributed by atoms with E-state index in [1.807, 2.05) is 27.7 Å². The van der Waals surface area contributed by atoms with Crippen LogP contribution in [-0.2, 0) is 0 Å². The van der Waals surface area contributed by atoms with E-state index < -0.39 is 5.97 Å². The number of carboxylic acids is 1. The molecule has 0 aliphatic carbocycles. The molecule has 0 atom stereocenters. The molecule has 0 fully saturated rings. The van der Waals surface area contributed by atoms with Crippen LogP contribution in [0.25, 0.3) is 0 Å². The van der Waals surface area contributed by atoms with Gasteiger partial charge in [-0.05, 0) is 34.1 Å². The van der Waals surface area contributed by atoms with Gasteiger partial charge in [-0.15, -0.1) is 0 Å². The zero-order valence-corrected chi connectivity index (χ0v) is 11.0. The molecule has 0 saturated heterocycles. The fourth-order valence-electron chi connectivity index (χ4n) is 1.50. The number of aryl methyl sites for hydroxylation is 2. The SMILES string of the molecule is CCC(C)(C)Oc1cc(C)nc(C)c1C(=O)O. The van der Waals surface area contributed by atoms with Crippen LogP contribution in [0.15, 0.2) is 6.07 Å². The predicted molar refractivity (Wildman–Crippen MR) is 65.7 cm³/mol. The molecular weight excluding hydrogens is 218 g/mol. The van der Waals surface area contributed by atoms with Gasteiger partial charge in [0.05, 0.1) is 5.69 Å². The second-order valence-electron chi connectivity index (χ2n) is 4.74. The standard InChI is InChI=1S/C13H19NO3/c1-6-13(4,5)17-10-7-8(2)14-9(3)11(10)12(15)16/h7H,6H2,1-5H3,(H,15,16). The van der Waals surface area contributed by atoms with Gasteiger partial charge in [0, 0.05) is 11.8 Å². The maximum atomic E-state index is 11.2. The largest absolute Gasteiger partial charge is 0.487 e. The van der Waals surface area contributed by atoms with Crippen molar-refractivity contribution in [3.8, 4) is 5.75 Å². The lowest BCUT2D eigenvalue weighted by Gasteiger charge is -2.26. The van der Waals surface area contributed by atoms with Crippen LogP contribution in [0.5, 0.6) is 5.75 Å². The molecule has 0 unspecified atom stereocenters. The third kappa shape index (κ3) is 3.19. The van der Waals surface area contributed by atoms with E-state index in [2.05, 4.69) is 4.98 Å². The molecule has 0 radical (unpaired) electrons. The number of aromatic nitrogens is 1. The molecule has 1 N–H and O–H groups in total. The van der Waals surface area contributed by atoms with E-state index in [4.69, 9.17) is 4.74 Å². The van der Waals surface area contributed by atoms with Gasteiger partial charge in [-0.2, -0.15) is 0 Å². The number of carboxylic acid groups (broad SMARTS) is 1. The Balaban J connectivity index is 3.26. The molecule has 1 heterocycles. The van der Waals surface area contributed by atoms with Gasteiger partial charge in [-0.1, -0.05) is 6.92 Å². The lowest BCUT2D eigenvalue weighted by Crippen LogP contribution is -2.28. The molecule has 1 aromatic heterocycles. The fourth-order valence-corrected chi connectivity index (χ4v) is 1.50. The lowest BCUT2D eigenvalue weighted by atomic mass is 10.1. The van der Waals surface area contributed by atoms with Gasteiger partial charge >= 0.3 is 5.97 Å². The molecule has 4 heteroatoms. The van der Waals surface area contributed by atoms with Crippen LogP contribution in [-0.4, -0.2) is 21.7 Å². The summed E-state index contributed by atoms with van der Waals surface area (Å²) in [7, 11) is 0. The van der Waals surface area contributed by atoms with E-state index in [1.54, 1.807) is 13.0 Å². The van der Waals surface area contributed by atoms with Crippen molar-refractivity contribution in [3.05, 3.63) is 23.0 Å². The highest BCUT2D eigenvalue weighted by Crippen LogP contribution is 2.27. The summed E-state index contributed by atoms with van der Waals surface area (Å²) in [6, 6.07) is 1.67. The number of pyridine rings is 1. The van der Waals surface area contributed by atoms with E-state index in [0.29, 0.717) is 11.4 Å². The van der Waals surface area contributed by atoms with Gasteiger partial charge in [-0.3, -0.25) is 4.98 Å². The number of nitrogens with zero attached hydrogens (tertiary/aromatic N) is 1. The molecule has 1 rings (SSSR count). The average molecular weight is 237 g/mol. The highest BCUT2D eigenvalue weighted by molar-refractivity contribution is 5.92. The third-order valence-electron chi connectivity index (χ3n) is 2.74. The number of ether oxygens (including phenoxy) is 1. The number of aromatic carboxylic acids is 1. The highest BCUT2D eigenvalue weighted by atomic mass is 16.5. The molecule has 0 saturated carbocycles. The van der Waals surface area contributed by atoms with Crippen molar-refractivity contribution >= 4 is 5.97 Å². The van der Waals surface area contributed by atoms with Gasteiger partial charge in [0.25, 0.3) is 0 Å². The molecule has 0 bridgehead atoms. The minimum Gasteiger partial charge on any atom is -0.487 e. The first-order valence-electron chi connectivity index (χ1n) is 5.67. The molecule has 0 aliphatic heterocycles. The molecule has 0 aromatic carbocycles. The molecule has 1 aromatic rings. The van der Waals surface area contributed by atoms with Crippen LogP contribution in [0.3, 0.4) is 0 Å². The summed E-state index contributed by atoms with van der Waals surface area (Å²) in [5.41, 5.74) is 1.01. The number of hydrogen-bond acceptors (Lipinski definition) is 3. The monoisotopic (exact) mass is 237 g/mol. The second-order valence-corrected chi connectivity index (χ2v) is 4.74. The van der Waals surface area contributed by atoms with Gasteiger partial charge in [0.15, 0.2) is 0 Å². The number of rotatable bonds is 4. The predicted octanol–water partition coefficient (Wildman–Crippen LogP) is 2.96. The Morgan fingerprint density at radius 3 is 2.53 bits per heavy atom. The van der Waals surface area contributed by atoms with Crippen molar-refractivity contribution in [2.75, 3.05) is 0 Å². The van der Waals surface area contributed by atoms with Crippen molar-refractivity contribution in [2.45, 2.75) is 46.6 Å². The Hall–Kier alpha value is -1.58. The second kappa shape index (κ2) is 4.73. The smallest absolute Gasteiger partial charge is 0.341 e. The van der Waals surface area contributed by atoms with Crippen molar-refractivity contribution in [1.82, 2.24) is 4.98 Å². The third-order valence-corrected chi connectivity index (χ3v) is 2.74. The molecule has 4 nitrogen and oxygen atoms in total. The quantitative estimate of drug-likeness (QED) is 0.874. The fraction of sp³-hybridized carbons (Fsp3) is 0.538. The molecule has 17 heavy (non-hydrogen) atoms. The van der Waals surface area contributed by atoms with Crippen LogP contribution >= 0.6 is 0 Å². The van der Waals surface area contributed by atoms with E-state index >= 15 is 0 Å². The summed E-state index contributed by atoms with van der Waals surface area (Å²) in [6.07, 6.45) is 0.798. The summed E-state index contributed by atoms with van der Waals surface area (Å²) in [6.45, 7) is 9.38. The van der Waals surface area contributed by atoms with Crippen molar-refractivity contribution < 1.29 is 14.6 Å². The Labute approximate surface area is 102 Å². The number of hydrogen-bond donors (Lipinski definition) is 1. The zero-order valence-electron chi connectivity index (χ0n) is 11.0. The van der Waals surface area contributed by atoms with Crippen LogP contribution in [0.2, 0.25) is 0 Å². The molecule has 94 valence electrons. The maximum Gasteiger partial charge on any atom is 0.341 e. The first kappa shape index (κ1) is 13.5. The van der Waals surface area contributed by atoms with Crippen LogP contribution in [0, 0.1) is 13.8 Å². The van der Waals surface area contributed by atoms with Crippen molar-refractivity contribution in [2.24, 2.45) is 0 Å². The van der Waals surface area contributed by atoms with Crippen LogP contribution in [0.1, 0.15) is 48.9 Å². The Bertz CT molecular complexity index is 439. The summed E-state index contributed by atoms with van der Waals surface area (Å²) >= 11 is 0. The van der Waals surface area contributed by atoms with E-state index in [1.165, 1.54) is 0 Å². The van der Waals surface area contributed by atoms with Crippen LogP contribution in [0.4, 0.5) is 0 Å². The molecular formula is C13H19NO3. The summed E-state index contributed by atoms with van der Waals surface area (Å²) in [4.78, 5) is 15.4. The minimum atomic E-state index is -1.00. The van der Waals surface area contributed by atoms with Gasteiger partial charge in [-0.25, -0.2) is 4.79 Å². The van der Waals surface area contributed by atoms with Crippen molar-refractivity contribution in [1.29, 1.82) is 0 Å². The van der Waals surface area contributed by atoms with Gasteiger partial charge in [0.2, 0.25) is 0 Å². The summed E-state index contributed by atoms with van der Waals surface area (Å²) in [5, 5.41) is 9.19. The highest BCUT2D eigenvalue weighted by Gasteiger charge is 2.23. The number of carbonyl (C=O) groups is 1. The molecule has 0 amide bonds. The van der Waals surface area contributed by atoms with Gasteiger partial charge in [0.1, 0.15) is 16.9 Å². The minimum absolute atomic E-state index is 0.150. The van der Waals surface area contributed by atoms with E-state index in [0.717, 1.165) is 12.1 Å². The molecule has 0 aliphatic rings. The Morgan fingerprint density at radius 2 is 2.06 bits per heavy atom. The maximum absolute atomic E-state index is 11.2. The van der Waals surface area contributed by atoms with Crippen molar-refractivity contribution in [3.63, 3.8) is 0 Å². The topological polar surface area (TPSA) is 59.4 Å². The summed E-state index contributed by atoms with van der Waals surface area (Å²) < 4.78 is 5.78.